The Morgan fingerprint density at radius 1 is 0.842 bits per heavy atom. The maximum atomic E-state index is 2.41. The molecule has 0 aromatic heterocycles. The van der Waals surface area contributed by atoms with Crippen LogP contribution in [0.1, 0.15) is 56.7 Å². The summed E-state index contributed by atoms with van der Waals surface area (Å²) >= 11 is 0. The average molecular weight is 254 g/mol. The predicted octanol–water partition coefficient (Wildman–Crippen LogP) is 5.70. The lowest BCUT2D eigenvalue weighted by molar-refractivity contribution is 0.781. The van der Waals surface area contributed by atoms with E-state index in [0.29, 0.717) is 0 Å². The van der Waals surface area contributed by atoms with Gasteiger partial charge in [-0.15, -0.1) is 0 Å². The molecule has 0 fully saturated rings. The van der Waals surface area contributed by atoms with Crippen LogP contribution in [0.3, 0.4) is 0 Å². The van der Waals surface area contributed by atoms with Crippen molar-refractivity contribution in [1.82, 2.24) is 0 Å². The van der Waals surface area contributed by atoms with Gasteiger partial charge in [0.15, 0.2) is 0 Å². The van der Waals surface area contributed by atoms with E-state index in [4.69, 9.17) is 0 Å². The molecule has 0 spiro atoms. The quantitative estimate of drug-likeness (QED) is 0.620. The molecule has 0 bridgehead atoms. The molecule has 19 heavy (non-hydrogen) atoms. The van der Waals surface area contributed by atoms with Crippen molar-refractivity contribution in [3.05, 3.63) is 47.0 Å². The van der Waals surface area contributed by atoms with Gasteiger partial charge in [-0.1, -0.05) is 63.9 Å². The Bertz CT molecular complexity index is 537. The summed E-state index contributed by atoms with van der Waals surface area (Å²) in [7, 11) is 0. The molecule has 2 aromatic carbocycles. The second kappa shape index (κ2) is 6.75. The Balaban J connectivity index is 2.63. The monoisotopic (exact) mass is 254 g/mol. The highest BCUT2D eigenvalue weighted by atomic mass is 14.2. The fourth-order valence-electron chi connectivity index (χ4n) is 3.04. The number of fused-ring (bicyclic) bond motifs is 1. The van der Waals surface area contributed by atoms with Crippen LogP contribution in [0.5, 0.6) is 0 Å². The Morgan fingerprint density at radius 3 is 2.32 bits per heavy atom. The van der Waals surface area contributed by atoms with Crippen molar-refractivity contribution >= 4 is 10.8 Å². The summed E-state index contributed by atoms with van der Waals surface area (Å²) < 4.78 is 0. The van der Waals surface area contributed by atoms with Gasteiger partial charge in [0.25, 0.3) is 0 Å². The lowest BCUT2D eigenvalue weighted by Crippen LogP contribution is -2.01. The first kappa shape index (κ1) is 14.1. The zero-order valence-electron chi connectivity index (χ0n) is 12.6. The molecule has 2 rings (SSSR count). The van der Waals surface area contributed by atoms with E-state index in [1.165, 1.54) is 42.9 Å². The van der Waals surface area contributed by atoms with Crippen molar-refractivity contribution in [2.24, 2.45) is 0 Å². The minimum absolute atomic E-state index is 1.15. The molecule has 0 saturated carbocycles. The van der Waals surface area contributed by atoms with E-state index in [9.17, 15) is 0 Å². The van der Waals surface area contributed by atoms with Gasteiger partial charge in [0.2, 0.25) is 0 Å². The zero-order valence-corrected chi connectivity index (χ0v) is 12.6. The Kier molecular flexibility index (Phi) is 5.01. The second-order valence-electron chi connectivity index (χ2n) is 5.42. The van der Waals surface area contributed by atoms with Crippen LogP contribution < -0.4 is 0 Å². The fourth-order valence-corrected chi connectivity index (χ4v) is 3.04. The Labute approximate surface area is 117 Å². The van der Waals surface area contributed by atoms with E-state index in [-0.39, 0.29) is 0 Å². The largest absolute Gasteiger partial charge is 0.0654 e. The van der Waals surface area contributed by atoms with Crippen molar-refractivity contribution in [2.45, 2.75) is 59.3 Å². The third-order valence-corrected chi connectivity index (χ3v) is 4.03. The molecular formula is C19H26. The SMILES string of the molecule is CCCCc1c(CCC)c(CC)cc2ccccc12. The van der Waals surface area contributed by atoms with E-state index in [1.54, 1.807) is 16.7 Å². The minimum Gasteiger partial charge on any atom is -0.0654 e. The number of benzene rings is 2. The van der Waals surface area contributed by atoms with Crippen molar-refractivity contribution in [1.29, 1.82) is 0 Å². The van der Waals surface area contributed by atoms with Crippen LogP contribution in [0.2, 0.25) is 0 Å². The molecule has 0 aliphatic heterocycles. The molecule has 0 amide bonds. The number of aryl methyl sites for hydroxylation is 2. The van der Waals surface area contributed by atoms with E-state index >= 15 is 0 Å². The number of unbranched alkanes of at least 4 members (excludes halogenated alkanes) is 1. The smallest absolute Gasteiger partial charge is 0.0149 e. The predicted molar refractivity (Wildman–Crippen MR) is 85.9 cm³/mol. The molecule has 0 saturated heterocycles. The number of hydrogen-bond donors (Lipinski definition) is 0. The van der Waals surface area contributed by atoms with Gasteiger partial charge in [-0.3, -0.25) is 0 Å². The molecule has 0 heteroatoms. The van der Waals surface area contributed by atoms with Gasteiger partial charge in [0, 0.05) is 0 Å². The van der Waals surface area contributed by atoms with Crippen molar-refractivity contribution < 1.29 is 0 Å². The van der Waals surface area contributed by atoms with Gasteiger partial charge < -0.3 is 0 Å². The van der Waals surface area contributed by atoms with Crippen LogP contribution in [0.25, 0.3) is 10.8 Å². The lowest BCUT2D eigenvalue weighted by Gasteiger charge is -2.17. The first-order valence-electron chi connectivity index (χ1n) is 7.84. The third-order valence-electron chi connectivity index (χ3n) is 4.03. The highest BCUT2D eigenvalue weighted by molar-refractivity contribution is 5.88. The van der Waals surface area contributed by atoms with Gasteiger partial charge in [-0.25, -0.2) is 0 Å². The molecule has 0 unspecified atom stereocenters. The van der Waals surface area contributed by atoms with Gasteiger partial charge in [0.05, 0.1) is 0 Å². The first-order chi connectivity index (χ1) is 9.31. The van der Waals surface area contributed by atoms with Crippen LogP contribution in [-0.4, -0.2) is 0 Å². The molecule has 0 heterocycles. The molecule has 102 valence electrons. The summed E-state index contributed by atoms with van der Waals surface area (Å²) in [6, 6.07) is 11.3. The molecule has 0 atom stereocenters. The Hall–Kier alpha value is -1.30. The first-order valence-corrected chi connectivity index (χ1v) is 7.84. The third kappa shape index (κ3) is 3.00. The molecule has 0 aliphatic carbocycles. The van der Waals surface area contributed by atoms with Crippen LogP contribution in [0.4, 0.5) is 0 Å². The summed E-state index contributed by atoms with van der Waals surface area (Å²) in [5.41, 5.74) is 4.82. The van der Waals surface area contributed by atoms with Crippen molar-refractivity contribution in [2.75, 3.05) is 0 Å². The number of rotatable bonds is 6. The molecule has 2 aromatic rings. The van der Waals surface area contributed by atoms with Gasteiger partial charge in [-0.2, -0.15) is 0 Å². The summed E-state index contributed by atoms with van der Waals surface area (Å²) in [5.74, 6) is 0. The topological polar surface area (TPSA) is 0 Å². The van der Waals surface area contributed by atoms with E-state index in [0.717, 1.165) is 6.42 Å². The molecule has 0 N–H and O–H groups in total. The van der Waals surface area contributed by atoms with E-state index in [2.05, 4.69) is 51.1 Å². The van der Waals surface area contributed by atoms with Crippen molar-refractivity contribution in [3.63, 3.8) is 0 Å². The molecule has 0 aliphatic rings. The van der Waals surface area contributed by atoms with Crippen LogP contribution >= 0.6 is 0 Å². The standard InChI is InChI=1S/C19H26/c1-4-7-12-19-17(10-5-2)15(6-3)14-16-11-8-9-13-18(16)19/h8-9,11,13-14H,4-7,10,12H2,1-3H3. The average Bonchev–Trinajstić information content (AvgIpc) is 2.45. The van der Waals surface area contributed by atoms with Gasteiger partial charge in [-0.05, 0) is 53.1 Å². The molecular weight excluding hydrogens is 228 g/mol. The highest BCUT2D eigenvalue weighted by Gasteiger charge is 2.11. The normalized spacial score (nSPS) is 11.1. The summed E-state index contributed by atoms with van der Waals surface area (Å²) in [6.45, 7) is 6.86. The lowest BCUT2D eigenvalue weighted by atomic mass is 9.88. The Morgan fingerprint density at radius 2 is 1.63 bits per heavy atom. The van der Waals surface area contributed by atoms with Crippen LogP contribution in [0, 0.1) is 0 Å². The van der Waals surface area contributed by atoms with E-state index < -0.39 is 0 Å². The minimum atomic E-state index is 1.15. The van der Waals surface area contributed by atoms with Crippen LogP contribution in [-0.2, 0) is 19.3 Å². The van der Waals surface area contributed by atoms with E-state index in [1.807, 2.05) is 0 Å². The maximum absolute atomic E-state index is 2.41. The maximum Gasteiger partial charge on any atom is -0.0149 e. The molecule has 0 radical (unpaired) electrons. The van der Waals surface area contributed by atoms with Crippen LogP contribution in [0.15, 0.2) is 30.3 Å². The zero-order chi connectivity index (χ0) is 13.7. The molecule has 0 nitrogen and oxygen atoms in total. The van der Waals surface area contributed by atoms with Gasteiger partial charge in [0.1, 0.15) is 0 Å². The van der Waals surface area contributed by atoms with Gasteiger partial charge >= 0.3 is 0 Å². The summed E-state index contributed by atoms with van der Waals surface area (Å²) in [5, 5.41) is 2.90. The van der Waals surface area contributed by atoms with Crippen molar-refractivity contribution in [3.8, 4) is 0 Å². The second-order valence-corrected chi connectivity index (χ2v) is 5.42. The summed E-state index contributed by atoms with van der Waals surface area (Å²) in [4.78, 5) is 0. The highest BCUT2D eigenvalue weighted by Crippen LogP contribution is 2.29. The summed E-state index contributed by atoms with van der Waals surface area (Å²) in [6.07, 6.45) is 7.43. The number of hydrogen-bond acceptors (Lipinski definition) is 0. The fraction of sp³-hybridized carbons (Fsp3) is 0.474.